The molecule has 3 heteroatoms. The van der Waals surface area contributed by atoms with Gasteiger partial charge in [0.15, 0.2) is 11.5 Å². The Bertz CT molecular complexity index is 669. The topological polar surface area (TPSA) is 21.7 Å². The molecule has 0 spiro atoms. The standard InChI is InChI=1S/C21H27NO2/c1-16(9-10-17-7-5-4-6-8-17)22-12-11-18-13-20(23-2)21(24-3)14-19(18)15-22/h4-8,13-14,16H,9-12,15H2,1-3H3. The molecular formula is C21H27NO2. The van der Waals surface area contributed by atoms with E-state index in [-0.39, 0.29) is 0 Å². The van der Waals surface area contributed by atoms with E-state index in [2.05, 4.69) is 54.3 Å². The second kappa shape index (κ2) is 7.71. The van der Waals surface area contributed by atoms with Gasteiger partial charge >= 0.3 is 0 Å². The van der Waals surface area contributed by atoms with Gasteiger partial charge < -0.3 is 9.47 Å². The third kappa shape index (κ3) is 3.73. The third-order valence-corrected chi connectivity index (χ3v) is 5.06. The van der Waals surface area contributed by atoms with Crippen molar-refractivity contribution in [2.75, 3.05) is 20.8 Å². The smallest absolute Gasteiger partial charge is 0.161 e. The van der Waals surface area contributed by atoms with E-state index in [1.807, 2.05) is 0 Å². The summed E-state index contributed by atoms with van der Waals surface area (Å²) in [6, 6.07) is 15.6. The molecule has 1 atom stereocenters. The van der Waals surface area contributed by atoms with Crippen LogP contribution in [0.1, 0.15) is 30.0 Å². The van der Waals surface area contributed by atoms with Crippen LogP contribution in [0.25, 0.3) is 0 Å². The highest BCUT2D eigenvalue weighted by Crippen LogP contribution is 2.33. The van der Waals surface area contributed by atoms with Gasteiger partial charge in [-0.1, -0.05) is 30.3 Å². The number of nitrogens with zero attached hydrogens (tertiary/aromatic N) is 1. The van der Waals surface area contributed by atoms with Crippen LogP contribution < -0.4 is 9.47 Å². The number of benzene rings is 2. The molecule has 1 aliphatic rings. The zero-order chi connectivity index (χ0) is 16.9. The van der Waals surface area contributed by atoms with Crippen molar-refractivity contribution in [3.8, 4) is 11.5 Å². The lowest BCUT2D eigenvalue weighted by Gasteiger charge is -2.34. The average Bonchev–Trinajstić information content (AvgIpc) is 2.65. The monoisotopic (exact) mass is 325 g/mol. The first-order chi connectivity index (χ1) is 11.7. The Balaban J connectivity index is 1.65. The Morgan fingerprint density at radius 3 is 2.33 bits per heavy atom. The van der Waals surface area contributed by atoms with E-state index >= 15 is 0 Å². The van der Waals surface area contributed by atoms with Gasteiger partial charge in [0, 0.05) is 19.1 Å². The Kier molecular flexibility index (Phi) is 5.41. The first-order valence-corrected chi connectivity index (χ1v) is 8.73. The summed E-state index contributed by atoms with van der Waals surface area (Å²) in [4.78, 5) is 2.58. The lowest BCUT2D eigenvalue weighted by Crippen LogP contribution is -2.37. The largest absolute Gasteiger partial charge is 0.493 e. The van der Waals surface area contributed by atoms with E-state index < -0.39 is 0 Å². The van der Waals surface area contributed by atoms with Gasteiger partial charge in [-0.25, -0.2) is 0 Å². The van der Waals surface area contributed by atoms with Crippen molar-refractivity contribution in [3.63, 3.8) is 0 Å². The van der Waals surface area contributed by atoms with Crippen LogP contribution in [0.3, 0.4) is 0 Å². The van der Waals surface area contributed by atoms with Crippen molar-refractivity contribution < 1.29 is 9.47 Å². The van der Waals surface area contributed by atoms with Crippen LogP contribution in [0.4, 0.5) is 0 Å². The molecule has 2 aromatic rings. The lowest BCUT2D eigenvalue weighted by molar-refractivity contribution is 0.181. The molecule has 128 valence electrons. The third-order valence-electron chi connectivity index (χ3n) is 5.06. The fourth-order valence-corrected chi connectivity index (χ4v) is 3.48. The molecule has 1 unspecified atom stereocenters. The summed E-state index contributed by atoms with van der Waals surface area (Å²) >= 11 is 0. The average molecular weight is 325 g/mol. The summed E-state index contributed by atoms with van der Waals surface area (Å²) in [5.74, 6) is 1.66. The zero-order valence-corrected chi connectivity index (χ0v) is 14.9. The summed E-state index contributed by atoms with van der Waals surface area (Å²) in [6.07, 6.45) is 3.40. The van der Waals surface area contributed by atoms with Crippen molar-refractivity contribution in [1.29, 1.82) is 0 Å². The van der Waals surface area contributed by atoms with Crippen molar-refractivity contribution >= 4 is 0 Å². The van der Waals surface area contributed by atoms with Gasteiger partial charge in [-0.2, -0.15) is 0 Å². The molecule has 0 aromatic heterocycles. The Hall–Kier alpha value is -2.00. The van der Waals surface area contributed by atoms with Gasteiger partial charge in [0.2, 0.25) is 0 Å². The van der Waals surface area contributed by atoms with Crippen molar-refractivity contribution in [2.45, 2.75) is 38.8 Å². The molecule has 0 saturated heterocycles. The van der Waals surface area contributed by atoms with Crippen LogP contribution in [0, 0.1) is 0 Å². The molecule has 0 fully saturated rings. The molecule has 1 aliphatic heterocycles. The molecule has 0 saturated carbocycles. The highest BCUT2D eigenvalue weighted by Gasteiger charge is 2.22. The molecule has 1 heterocycles. The van der Waals surface area contributed by atoms with E-state index in [4.69, 9.17) is 9.47 Å². The van der Waals surface area contributed by atoms with Crippen LogP contribution >= 0.6 is 0 Å². The summed E-state index contributed by atoms with van der Waals surface area (Å²) in [5, 5.41) is 0. The molecule has 0 N–H and O–H groups in total. The maximum absolute atomic E-state index is 5.46. The van der Waals surface area contributed by atoms with Crippen molar-refractivity contribution in [2.24, 2.45) is 0 Å². The van der Waals surface area contributed by atoms with E-state index in [1.165, 1.54) is 23.1 Å². The number of hydrogen-bond donors (Lipinski definition) is 0. The Labute approximate surface area is 145 Å². The van der Waals surface area contributed by atoms with Crippen LogP contribution in [0.5, 0.6) is 11.5 Å². The number of hydrogen-bond acceptors (Lipinski definition) is 3. The molecule has 24 heavy (non-hydrogen) atoms. The number of ether oxygens (including phenoxy) is 2. The maximum atomic E-state index is 5.46. The maximum Gasteiger partial charge on any atom is 0.161 e. The van der Waals surface area contributed by atoms with Gasteiger partial charge in [0.25, 0.3) is 0 Å². The van der Waals surface area contributed by atoms with E-state index in [9.17, 15) is 0 Å². The fraction of sp³-hybridized carbons (Fsp3) is 0.429. The lowest BCUT2D eigenvalue weighted by atomic mass is 9.96. The molecule has 2 aromatic carbocycles. The summed E-state index contributed by atoms with van der Waals surface area (Å²) in [6.45, 7) is 4.44. The van der Waals surface area contributed by atoms with Gasteiger partial charge in [0.1, 0.15) is 0 Å². The van der Waals surface area contributed by atoms with Crippen LogP contribution in [0.2, 0.25) is 0 Å². The number of aryl methyl sites for hydroxylation is 1. The second-order valence-corrected chi connectivity index (χ2v) is 6.57. The molecule has 0 amide bonds. The van der Waals surface area contributed by atoms with E-state index in [0.29, 0.717) is 6.04 Å². The Morgan fingerprint density at radius 1 is 1.00 bits per heavy atom. The summed E-state index contributed by atoms with van der Waals surface area (Å²) < 4.78 is 10.9. The van der Waals surface area contributed by atoms with Crippen LogP contribution in [0.15, 0.2) is 42.5 Å². The normalized spacial score (nSPS) is 15.6. The van der Waals surface area contributed by atoms with Crippen molar-refractivity contribution in [3.05, 3.63) is 59.2 Å². The SMILES string of the molecule is COc1cc2c(cc1OC)CN(C(C)CCc1ccccc1)CC2. The minimum Gasteiger partial charge on any atom is -0.493 e. The van der Waals surface area contributed by atoms with Gasteiger partial charge in [-0.3, -0.25) is 4.90 Å². The number of methoxy groups -OCH3 is 2. The number of rotatable bonds is 6. The molecular weight excluding hydrogens is 298 g/mol. The molecule has 3 nitrogen and oxygen atoms in total. The van der Waals surface area contributed by atoms with Crippen molar-refractivity contribution in [1.82, 2.24) is 4.90 Å². The van der Waals surface area contributed by atoms with E-state index in [1.54, 1.807) is 14.2 Å². The first-order valence-electron chi connectivity index (χ1n) is 8.73. The predicted molar refractivity (Wildman–Crippen MR) is 97.9 cm³/mol. The minimum atomic E-state index is 0.575. The minimum absolute atomic E-state index is 0.575. The molecule has 3 rings (SSSR count). The van der Waals surface area contributed by atoms with Gasteiger partial charge in [-0.15, -0.1) is 0 Å². The second-order valence-electron chi connectivity index (χ2n) is 6.57. The van der Waals surface area contributed by atoms with Crippen LogP contribution in [-0.2, 0) is 19.4 Å². The summed E-state index contributed by atoms with van der Waals surface area (Å²) in [7, 11) is 3.40. The summed E-state index contributed by atoms with van der Waals surface area (Å²) in [5.41, 5.74) is 4.18. The molecule has 0 radical (unpaired) electrons. The fourth-order valence-electron chi connectivity index (χ4n) is 3.48. The van der Waals surface area contributed by atoms with Gasteiger partial charge in [-0.05, 0) is 55.0 Å². The molecule has 0 bridgehead atoms. The molecule has 0 aliphatic carbocycles. The first kappa shape index (κ1) is 16.8. The number of fused-ring (bicyclic) bond motifs is 1. The van der Waals surface area contributed by atoms with Gasteiger partial charge in [0.05, 0.1) is 14.2 Å². The highest BCUT2D eigenvalue weighted by molar-refractivity contribution is 5.48. The Morgan fingerprint density at radius 2 is 1.67 bits per heavy atom. The van der Waals surface area contributed by atoms with Crippen LogP contribution in [-0.4, -0.2) is 31.7 Å². The predicted octanol–water partition coefficient (Wildman–Crippen LogP) is 4.08. The van der Waals surface area contributed by atoms with E-state index in [0.717, 1.165) is 37.4 Å². The quantitative estimate of drug-likeness (QED) is 0.799. The highest BCUT2D eigenvalue weighted by atomic mass is 16.5. The zero-order valence-electron chi connectivity index (χ0n) is 14.9.